The van der Waals surface area contributed by atoms with Gasteiger partial charge in [0.05, 0.1) is 12.1 Å². The van der Waals surface area contributed by atoms with Crippen LogP contribution in [0.5, 0.6) is 11.9 Å². The summed E-state index contributed by atoms with van der Waals surface area (Å²) in [5, 5.41) is 10.8. The van der Waals surface area contributed by atoms with E-state index in [2.05, 4.69) is 9.97 Å². The molecule has 8 nitrogen and oxygen atoms in total. The van der Waals surface area contributed by atoms with E-state index in [-0.39, 0.29) is 18.4 Å². The van der Waals surface area contributed by atoms with Crippen LogP contribution in [0.2, 0.25) is 0 Å². The maximum Gasteiger partial charge on any atom is 0.416 e. The standard InChI is InChI=1S/C18H13F3N4O4/c19-18(20,21)13-4-1-11(2-5-13)12-3-6-16(22-7-12)29-14-8-24-9-15(25(26)27)23-17(24)28-10-14/h1-7,9,14H,8,10H2/t14-/m0/s1. The van der Waals surface area contributed by atoms with Crippen molar-refractivity contribution in [1.29, 1.82) is 0 Å². The summed E-state index contributed by atoms with van der Waals surface area (Å²) >= 11 is 0. The number of alkyl halides is 3. The number of rotatable bonds is 4. The normalized spacial score (nSPS) is 16.0. The zero-order valence-electron chi connectivity index (χ0n) is 14.7. The van der Waals surface area contributed by atoms with Crippen molar-refractivity contribution in [2.75, 3.05) is 6.61 Å². The van der Waals surface area contributed by atoms with Crippen LogP contribution in [0.25, 0.3) is 11.1 Å². The molecule has 1 aliphatic heterocycles. The number of halogens is 3. The second-order valence-corrected chi connectivity index (χ2v) is 6.30. The molecule has 3 heterocycles. The molecular weight excluding hydrogens is 393 g/mol. The van der Waals surface area contributed by atoms with Crippen LogP contribution in [0.15, 0.2) is 48.8 Å². The van der Waals surface area contributed by atoms with E-state index in [0.717, 1.165) is 12.1 Å². The van der Waals surface area contributed by atoms with E-state index in [1.165, 1.54) is 29.1 Å². The molecule has 1 atom stereocenters. The molecule has 11 heteroatoms. The first-order valence-corrected chi connectivity index (χ1v) is 8.44. The number of pyridine rings is 1. The third kappa shape index (κ3) is 3.98. The maximum atomic E-state index is 12.7. The summed E-state index contributed by atoms with van der Waals surface area (Å²) in [4.78, 5) is 18.1. The van der Waals surface area contributed by atoms with Gasteiger partial charge in [-0.2, -0.15) is 13.2 Å². The zero-order chi connectivity index (χ0) is 20.6. The molecule has 3 aromatic rings. The number of imidazole rings is 1. The molecule has 0 N–H and O–H groups in total. The van der Waals surface area contributed by atoms with Gasteiger partial charge < -0.3 is 19.6 Å². The molecule has 0 spiro atoms. The average Bonchev–Trinajstić information content (AvgIpc) is 3.12. The smallest absolute Gasteiger partial charge is 0.416 e. The van der Waals surface area contributed by atoms with Gasteiger partial charge in [0.25, 0.3) is 0 Å². The van der Waals surface area contributed by atoms with Gasteiger partial charge in [0, 0.05) is 22.8 Å². The maximum absolute atomic E-state index is 12.7. The number of hydrogen-bond donors (Lipinski definition) is 0. The SMILES string of the molecule is O=[N+]([O-])c1cn2c(n1)OC[C@@H](Oc1ccc(-c3ccc(C(F)(F)F)cc3)cn1)C2. The van der Waals surface area contributed by atoms with Crippen LogP contribution in [0.3, 0.4) is 0 Å². The highest BCUT2D eigenvalue weighted by molar-refractivity contribution is 5.63. The summed E-state index contributed by atoms with van der Waals surface area (Å²) in [7, 11) is 0. The second-order valence-electron chi connectivity index (χ2n) is 6.30. The van der Waals surface area contributed by atoms with Gasteiger partial charge in [-0.25, -0.2) is 4.98 Å². The van der Waals surface area contributed by atoms with Gasteiger partial charge >= 0.3 is 18.0 Å². The fraction of sp³-hybridized carbons (Fsp3) is 0.222. The highest BCUT2D eigenvalue weighted by Crippen LogP contribution is 2.31. The number of nitro groups is 1. The van der Waals surface area contributed by atoms with Gasteiger partial charge in [-0.3, -0.25) is 4.57 Å². The Labute approximate surface area is 161 Å². The van der Waals surface area contributed by atoms with E-state index in [1.54, 1.807) is 12.1 Å². The first kappa shape index (κ1) is 18.7. The fourth-order valence-electron chi connectivity index (χ4n) is 2.87. The minimum absolute atomic E-state index is 0.149. The molecule has 0 saturated carbocycles. The lowest BCUT2D eigenvalue weighted by Crippen LogP contribution is -2.34. The Balaban J connectivity index is 1.43. The van der Waals surface area contributed by atoms with Crippen LogP contribution in [-0.2, 0) is 12.7 Å². The van der Waals surface area contributed by atoms with E-state index in [1.807, 2.05) is 0 Å². The highest BCUT2D eigenvalue weighted by atomic mass is 19.4. The molecule has 1 aliphatic rings. The average molecular weight is 406 g/mol. The molecule has 29 heavy (non-hydrogen) atoms. The van der Waals surface area contributed by atoms with Gasteiger partial charge in [0.15, 0.2) is 6.10 Å². The van der Waals surface area contributed by atoms with Crippen molar-refractivity contribution in [1.82, 2.24) is 14.5 Å². The van der Waals surface area contributed by atoms with Crippen LogP contribution in [-0.4, -0.2) is 32.2 Å². The molecule has 2 aromatic heterocycles. The second kappa shape index (κ2) is 7.08. The van der Waals surface area contributed by atoms with Gasteiger partial charge in [-0.15, -0.1) is 0 Å². The van der Waals surface area contributed by atoms with Crippen molar-refractivity contribution in [2.45, 2.75) is 18.8 Å². The van der Waals surface area contributed by atoms with E-state index in [4.69, 9.17) is 9.47 Å². The Hall–Kier alpha value is -3.63. The lowest BCUT2D eigenvalue weighted by Gasteiger charge is -2.22. The van der Waals surface area contributed by atoms with E-state index in [0.29, 0.717) is 23.6 Å². The molecule has 150 valence electrons. The minimum Gasteiger partial charge on any atom is -0.469 e. The molecule has 4 rings (SSSR count). The summed E-state index contributed by atoms with van der Waals surface area (Å²) in [5.41, 5.74) is 0.512. The number of hydrogen-bond acceptors (Lipinski definition) is 6. The number of benzene rings is 1. The Morgan fingerprint density at radius 2 is 1.90 bits per heavy atom. The summed E-state index contributed by atoms with van der Waals surface area (Å²) in [6.45, 7) is 0.453. The number of nitrogens with zero attached hydrogens (tertiary/aromatic N) is 4. The van der Waals surface area contributed by atoms with Crippen molar-refractivity contribution >= 4 is 5.82 Å². The molecule has 0 unspecified atom stereocenters. The summed E-state index contributed by atoms with van der Waals surface area (Å²) in [6, 6.07) is 8.22. The van der Waals surface area contributed by atoms with E-state index >= 15 is 0 Å². The molecule has 0 saturated heterocycles. The van der Waals surface area contributed by atoms with Crippen molar-refractivity contribution in [2.24, 2.45) is 0 Å². The van der Waals surface area contributed by atoms with Crippen LogP contribution in [0.4, 0.5) is 19.0 Å². The predicted molar refractivity (Wildman–Crippen MR) is 93.5 cm³/mol. The van der Waals surface area contributed by atoms with Crippen LogP contribution >= 0.6 is 0 Å². The largest absolute Gasteiger partial charge is 0.469 e. The van der Waals surface area contributed by atoms with Crippen molar-refractivity contribution in [3.8, 4) is 23.0 Å². The molecule has 1 aromatic carbocycles. The lowest BCUT2D eigenvalue weighted by atomic mass is 10.1. The lowest BCUT2D eigenvalue weighted by molar-refractivity contribution is -0.389. The highest BCUT2D eigenvalue weighted by Gasteiger charge is 2.30. The summed E-state index contributed by atoms with van der Waals surface area (Å²) in [5.74, 6) is -0.00741. The Bertz CT molecular complexity index is 1030. The predicted octanol–water partition coefficient (Wildman–Crippen LogP) is 3.71. The quantitative estimate of drug-likeness (QED) is 0.485. The first-order valence-electron chi connectivity index (χ1n) is 8.44. The van der Waals surface area contributed by atoms with Crippen molar-refractivity contribution in [3.63, 3.8) is 0 Å². The third-order valence-electron chi connectivity index (χ3n) is 4.28. The first-order chi connectivity index (χ1) is 13.8. The van der Waals surface area contributed by atoms with Gasteiger partial charge in [0.1, 0.15) is 12.8 Å². The Kier molecular flexibility index (Phi) is 4.57. The minimum atomic E-state index is -4.38. The number of ether oxygens (including phenoxy) is 2. The van der Waals surface area contributed by atoms with Crippen molar-refractivity contribution in [3.05, 3.63) is 64.5 Å². The number of fused-ring (bicyclic) bond motifs is 1. The molecule has 0 aliphatic carbocycles. The van der Waals surface area contributed by atoms with Gasteiger partial charge in [-0.05, 0) is 28.7 Å². The number of aromatic nitrogens is 3. The van der Waals surface area contributed by atoms with Gasteiger partial charge in [0.2, 0.25) is 5.88 Å². The molecular formula is C18H13F3N4O4. The molecule has 0 fully saturated rings. The summed E-state index contributed by atoms with van der Waals surface area (Å²) < 4.78 is 50.6. The molecule has 0 amide bonds. The summed E-state index contributed by atoms with van der Waals surface area (Å²) in [6.07, 6.45) is -2.05. The van der Waals surface area contributed by atoms with Gasteiger partial charge in [-0.1, -0.05) is 12.1 Å². The van der Waals surface area contributed by atoms with Crippen LogP contribution in [0.1, 0.15) is 5.56 Å². The molecule has 0 radical (unpaired) electrons. The van der Waals surface area contributed by atoms with E-state index < -0.39 is 22.8 Å². The fourth-order valence-corrected chi connectivity index (χ4v) is 2.87. The van der Waals surface area contributed by atoms with Crippen molar-refractivity contribution < 1.29 is 27.6 Å². The Morgan fingerprint density at radius 3 is 2.52 bits per heavy atom. The van der Waals surface area contributed by atoms with E-state index in [9.17, 15) is 23.3 Å². The zero-order valence-corrected chi connectivity index (χ0v) is 14.7. The monoisotopic (exact) mass is 406 g/mol. The topological polar surface area (TPSA) is 92.3 Å². The van der Waals surface area contributed by atoms with Crippen LogP contribution < -0.4 is 9.47 Å². The molecule has 0 bridgehead atoms. The third-order valence-corrected chi connectivity index (χ3v) is 4.28. The Morgan fingerprint density at radius 1 is 1.17 bits per heavy atom. The van der Waals surface area contributed by atoms with Crippen LogP contribution in [0, 0.1) is 10.1 Å².